The number of piperidine rings is 1. The first-order valence-corrected chi connectivity index (χ1v) is 13.7. The first-order valence-electron chi connectivity index (χ1n) is 13.7. The quantitative estimate of drug-likeness (QED) is 0.377. The predicted octanol–water partition coefficient (Wildman–Crippen LogP) is 4.82. The van der Waals surface area contributed by atoms with E-state index in [1.165, 1.54) is 6.20 Å². The summed E-state index contributed by atoms with van der Waals surface area (Å²) in [7, 11) is 0. The molecule has 3 N–H and O–H groups in total. The van der Waals surface area contributed by atoms with Gasteiger partial charge in [-0.05, 0) is 92.8 Å². The lowest BCUT2D eigenvalue weighted by Crippen LogP contribution is -2.47. The molecule has 1 saturated heterocycles. The third kappa shape index (κ3) is 12.0. The van der Waals surface area contributed by atoms with Crippen molar-refractivity contribution in [2.24, 2.45) is 10.9 Å². The lowest BCUT2D eigenvalue weighted by Gasteiger charge is -2.38. The van der Waals surface area contributed by atoms with Crippen LogP contribution in [0.3, 0.4) is 0 Å². The van der Waals surface area contributed by atoms with Crippen LogP contribution in [0.25, 0.3) is 0 Å². The van der Waals surface area contributed by atoms with Crippen LogP contribution in [0.15, 0.2) is 29.2 Å². The van der Waals surface area contributed by atoms with E-state index in [0.29, 0.717) is 23.9 Å². The third-order valence-electron chi connectivity index (χ3n) is 5.92. The number of hydrogen-bond acceptors (Lipinski definition) is 7. The van der Waals surface area contributed by atoms with Gasteiger partial charge in [-0.25, -0.2) is 19.6 Å². The van der Waals surface area contributed by atoms with E-state index >= 15 is 0 Å². The molecule has 1 aromatic rings. The Hall–Kier alpha value is -3.21. The highest BCUT2D eigenvalue weighted by Crippen LogP contribution is 2.22. The zero-order chi connectivity index (χ0) is 29.2. The molecule has 0 aliphatic carbocycles. The molecule has 3 amide bonds. The summed E-state index contributed by atoms with van der Waals surface area (Å²) in [5.74, 6) is 0.00185. The van der Waals surface area contributed by atoms with Crippen molar-refractivity contribution >= 4 is 23.8 Å². The van der Waals surface area contributed by atoms with Crippen LogP contribution in [0.5, 0.6) is 0 Å². The summed E-state index contributed by atoms with van der Waals surface area (Å²) in [6.07, 6.45) is 7.27. The topological polar surface area (TPSA) is 138 Å². The molecule has 39 heavy (non-hydrogen) atoms. The normalized spacial score (nSPS) is 16.9. The molecule has 2 heterocycles. The van der Waals surface area contributed by atoms with Gasteiger partial charge >= 0.3 is 18.1 Å². The van der Waals surface area contributed by atoms with Gasteiger partial charge in [0.1, 0.15) is 11.2 Å². The lowest BCUT2D eigenvalue weighted by atomic mass is 9.93. The largest absolute Gasteiger partial charge is 0.444 e. The number of hydrogen-bond donors (Lipinski definition) is 3. The van der Waals surface area contributed by atoms with Gasteiger partial charge in [-0.3, -0.25) is 15.0 Å². The molecule has 11 heteroatoms. The molecule has 2 rings (SSSR count). The zero-order valence-electron chi connectivity index (χ0n) is 24.7. The SMILES string of the molecule is CCCC(C(C=C(C)NC(=O)OC(C)(C)C)=NC(=O)c1ncc[nH]1)N1CCC(CNC(=O)OC(C)(C)C)CC1. The van der Waals surface area contributed by atoms with E-state index in [-0.39, 0.29) is 11.9 Å². The minimum Gasteiger partial charge on any atom is -0.444 e. The number of carbonyl (C=O) groups is 3. The summed E-state index contributed by atoms with van der Waals surface area (Å²) >= 11 is 0. The highest BCUT2D eigenvalue weighted by atomic mass is 16.6. The van der Waals surface area contributed by atoms with Crippen LogP contribution in [0.4, 0.5) is 9.59 Å². The minimum atomic E-state index is -0.635. The Labute approximate surface area is 232 Å². The van der Waals surface area contributed by atoms with Crippen molar-refractivity contribution in [2.45, 2.75) is 98.3 Å². The maximum absolute atomic E-state index is 12.9. The summed E-state index contributed by atoms with van der Waals surface area (Å²) in [4.78, 5) is 50.9. The van der Waals surface area contributed by atoms with Crippen molar-refractivity contribution in [3.05, 3.63) is 30.0 Å². The maximum atomic E-state index is 12.9. The maximum Gasteiger partial charge on any atom is 0.411 e. The van der Waals surface area contributed by atoms with Gasteiger partial charge in [0.2, 0.25) is 0 Å². The van der Waals surface area contributed by atoms with E-state index < -0.39 is 29.3 Å². The van der Waals surface area contributed by atoms with Gasteiger partial charge in [-0.2, -0.15) is 0 Å². The number of alkyl carbamates (subject to hydrolysis) is 2. The standard InChI is InChI=1S/C28H46N6O5/c1-9-10-22(34-15-11-20(12-16-34)18-31-25(36)38-27(3,4)5)21(33-24(35)23-29-13-14-30-23)17-19(2)32-26(37)39-28(6,7)8/h13-14,17,20,22H,9-12,15-16,18H2,1-8H3,(H,29,30)(H,31,36)(H,32,37). The fourth-order valence-corrected chi connectivity index (χ4v) is 4.28. The number of likely N-dealkylation sites (tertiary alicyclic amines) is 1. The van der Waals surface area contributed by atoms with Crippen molar-refractivity contribution in [3.63, 3.8) is 0 Å². The number of aliphatic imine (C=N–C) groups is 1. The highest BCUT2D eigenvalue weighted by Gasteiger charge is 2.29. The van der Waals surface area contributed by atoms with Gasteiger partial charge in [0.05, 0.1) is 11.8 Å². The molecule has 218 valence electrons. The molecule has 11 nitrogen and oxygen atoms in total. The molecule has 0 aromatic carbocycles. The molecule has 0 bridgehead atoms. The average Bonchev–Trinajstić information content (AvgIpc) is 3.34. The second kappa shape index (κ2) is 14.3. The zero-order valence-corrected chi connectivity index (χ0v) is 24.7. The molecule has 1 aromatic heterocycles. The van der Waals surface area contributed by atoms with E-state index in [1.807, 2.05) is 20.8 Å². The van der Waals surface area contributed by atoms with Gasteiger partial charge in [-0.15, -0.1) is 0 Å². The molecule has 1 fully saturated rings. The van der Waals surface area contributed by atoms with Crippen LogP contribution >= 0.6 is 0 Å². The van der Waals surface area contributed by atoms with Crippen LogP contribution < -0.4 is 10.6 Å². The van der Waals surface area contributed by atoms with Crippen molar-refractivity contribution < 1.29 is 23.9 Å². The monoisotopic (exact) mass is 546 g/mol. The van der Waals surface area contributed by atoms with Crippen LogP contribution in [0, 0.1) is 5.92 Å². The number of H-pyrrole nitrogens is 1. The summed E-state index contributed by atoms with van der Waals surface area (Å²) in [6, 6.07) is -0.135. The Morgan fingerprint density at radius 2 is 1.74 bits per heavy atom. The van der Waals surface area contributed by atoms with Gasteiger partial charge < -0.3 is 19.8 Å². The number of nitrogens with one attached hydrogen (secondary N) is 3. The summed E-state index contributed by atoms with van der Waals surface area (Å²) in [5.41, 5.74) is -0.0950. The van der Waals surface area contributed by atoms with Crippen LogP contribution in [-0.2, 0) is 9.47 Å². The molecular weight excluding hydrogens is 500 g/mol. The average molecular weight is 547 g/mol. The van der Waals surface area contributed by atoms with Crippen LogP contribution in [-0.4, -0.2) is 75.6 Å². The number of aromatic nitrogens is 2. The smallest absolute Gasteiger partial charge is 0.411 e. The second-order valence-electron chi connectivity index (χ2n) is 11.9. The molecule has 0 spiro atoms. The lowest BCUT2D eigenvalue weighted by molar-refractivity contribution is 0.0505. The number of allylic oxidation sites excluding steroid dienone is 1. The Morgan fingerprint density at radius 3 is 2.28 bits per heavy atom. The van der Waals surface area contributed by atoms with Gasteiger partial charge in [0.15, 0.2) is 5.82 Å². The van der Waals surface area contributed by atoms with Crippen molar-refractivity contribution in [1.82, 2.24) is 25.5 Å². The molecule has 0 saturated carbocycles. The number of amides is 3. The summed E-state index contributed by atoms with van der Waals surface area (Å²) in [6.45, 7) is 16.9. The van der Waals surface area contributed by atoms with Gasteiger partial charge in [-0.1, -0.05) is 13.3 Å². The third-order valence-corrected chi connectivity index (χ3v) is 5.92. The first kappa shape index (κ1) is 32.0. The fraction of sp³-hybridized carbons (Fsp3) is 0.679. The Balaban J connectivity index is 2.18. The van der Waals surface area contributed by atoms with E-state index in [0.717, 1.165) is 38.8 Å². The van der Waals surface area contributed by atoms with Crippen molar-refractivity contribution in [1.29, 1.82) is 0 Å². The number of ether oxygens (including phenoxy) is 2. The number of carbonyl (C=O) groups excluding carboxylic acids is 3. The summed E-state index contributed by atoms with van der Waals surface area (Å²) in [5, 5.41) is 5.62. The van der Waals surface area contributed by atoms with Gasteiger partial charge in [0.25, 0.3) is 0 Å². The number of rotatable bonds is 9. The minimum absolute atomic E-state index is 0.135. The molecule has 1 atom stereocenters. The molecule has 1 unspecified atom stereocenters. The van der Waals surface area contributed by atoms with E-state index in [1.54, 1.807) is 40.0 Å². The Bertz CT molecular complexity index is 1010. The van der Waals surface area contributed by atoms with Gasteiger partial charge in [0, 0.05) is 24.6 Å². The van der Waals surface area contributed by atoms with E-state index in [2.05, 4.69) is 37.4 Å². The fourth-order valence-electron chi connectivity index (χ4n) is 4.28. The van der Waals surface area contributed by atoms with Crippen molar-refractivity contribution in [3.8, 4) is 0 Å². The number of aromatic amines is 1. The van der Waals surface area contributed by atoms with Crippen LogP contribution in [0.1, 0.15) is 91.7 Å². The highest BCUT2D eigenvalue weighted by molar-refractivity contribution is 6.09. The van der Waals surface area contributed by atoms with E-state index in [9.17, 15) is 14.4 Å². The Kier molecular flexibility index (Phi) is 11.7. The molecule has 0 radical (unpaired) electrons. The number of imidazole rings is 1. The Morgan fingerprint density at radius 1 is 1.13 bits per heavy atom. The predicted molar refractivity (Wildman–Crippen MR) is 151 cm³/mol. The van der Waals surface area contributed by atoms with Crippen molar-refractivity contribution in [2.75, 3.05) is 19.6 Å². The molecule has 1 aliphatic heterocycles. The van der Waals surface area contributed by atoms with Crippen LogP contribution in [0.2, 0.25) is 0 Å². The first-order chi connectivity index (χ1) is 18.2. The van der Waals surface area contributed by atoms with E-state index in [4.69, 9.17) is 9.47 Å². The number of nitrogens with zero attached hydrogens (tertiary/aromatic N) is 3. The summed E-state index contributed by atoms with van der Waals surface area (Å²) < 4.78 is 10.7. The molecule has 1 aliphatic rings. The second-order valence-corrected chi connectivity index (χ2v) is 11.9. The molecular formula is C28H46N6O5.